The van der Waals surface area contributed by atoms with Crippen LogP contribution in [0.2, 0.25) is 0 Å². The summed E-state index contributed by atoms with van der Waals surface area (Å²) >= 11 is 0. The lowest BCUT2D eigenvalue weighted by Gasteiger charge is -2.10. The SMILES string of the molecule is CCOc1ccc(C(=O)NCCOc2cccc3ccccc23)cc1. The molecule has 25 heavy (non-hydrogen) atoms. The Morgan fingerprint density at radius 3 is 2.48 bits per heavy atom. The van der Waals surface area contributed by atoms with Crippen LogP contribution >= 0.6 is 0 Å². The molecule has 3 aromatic carbocycles. The van der Waals surface area contributed by atoms with Gasteiger partial charge in [-0.15, -0.1) is 0 Å². The van der Waals surface area contributed by atoms with Crippen LogP contribution in [0, 0.1) is 0 Å². The van der Waals surface area contributed by atoms with Gasteiger partial charge in [0.15, 0.2) is 0 Å². The van der Waals surface area contributed by atoms with Crippen molar-refractivity contribution >= 4 is 16.7 Å². The van der Waals surface area contributed by atoms with E-state index in [0.29, 0.717) is 25.3 Å². The van der Waals surface area contributed by atoms with E-state index in [4.69, 9.17) is 9.47 Å². The Kier molecular flexibility index (Phi) is 5.52. The maximum atomic E-state index is 12.1. The number of amides is 1. The predicted molar refractivity (Wildman–Crippen MR) is 99.4 cm³/mol. The van der Waals surface area contributed by atoms with E-state index in [-0.39, 0.29) is 5.91 Å². The van der Waals surface area contributed by atoms with Gasteiger partial charge in [-0.25, -0.2) is 0 Å². The number of hydrogen-bond donors (Lipinski definition) is 1. The number of ether oxygens (including phenoxy) is 2. The van der Waals surface area contributed by atoms with Crippen LogP contribution in [-0.2, 0) is 0 Å². The van der Waals surface area contributed by atoms with Gasteiger partial charge in [-0.3, -0.25) is 4.79 Å². The first-order chi connectivity index (χ1) is 12.3. The monoisotopic (exact) mass is 335 g/mol. The van der Waals surface area contributed by atoms with Crippen LogP contribution in [0.5, 0.6) is 11.5 Å². The molecule has 0 bridgehead atoms. The normalized spacial score (nSPS) is 10.4. The highest BCUT2D eigenvalue weighted by molar-refractivity contribution is 5.94. The minimum absolute atomic E-state index is 0.121. The van der Waals surface area contributed by atoms with Gasteiger partial charge in [0.05, 0.1) is 13.2 Å². The first-order valence-electron chi connectivity index (χ1n) is 8.39. The molecule has 0 atom stereocenters. The van der Waals surface area contributed by atoms with E-state index >= 15 is 0 Å². The van der Waals surface area contributed by atoms with Gasteiger partial charge in [0.2, 0.25) is 0 Å². The summed E-state index contributed by atoms with van der Waals surface area (Å²) in [5.74, 6) is 1.47. The second kappa shape index (κ2) is 8.20. The summed E-state index contributed by atoms with van der Waals surface area (Å²) in [7, 11) is 0. The van der Waals surface area contributed by atoms with Crippen molar-refractivity contribution in [3.05, 3.63) is 72.3 Å². The molecule has 0 heterocycles. The number of fused-ring (bicyclic) bond motifs is 1. The lowest BCUT2D eigenvalue weighted by molar-refractivity contribution is 0.0947. The second-order valence-electron chi connectivity index (χ2n) is 5.54. The number of benzene rings is 3. The van der Waals surface area contributed by atoms with Crippen LogP contribution < -0.4 is 14.8 Å². The van der Waals surface area contributed by atoms with Crippen molar-refractivity contribution in [2.24, 2.45) is 0 Å². The Hall–Kier alpha value is -3.01. The molecule has 0 saturated carbocycles. The van der Waals surface area contributed by atoms with Gasteiger partial charge in [-0.2, -0.15) is 0 Å². The molecule has 0 aliphatic carbocycles. The van der Waals surface area contributed by atoms with E-state index in [1.165, 1.54) is 0 Å². The minimum Gasteiger partial charge on any atom is -0.494 e. The van der Waals surface area contributed by atoms with Crippen molar-refractivity contribution in [2.75, 3.05) is 19.8 Å². The second-order valence-corrected chi connectivity index (χ2v) is 5.54. The van der Waals surface area contributed by atoms with Crippen LogP contribution in [0.4, 0.5) is 0 Å². The molecular formula is C21H21NO3. The largest absolute Gasteiger partial charge is 0.494 e. The highest BCUT2D eigenvalue weighted by Gasteiger charge is 2.06. The molecule has 0 fully saturated rings. The molecule has 128 valence electrons. The smallest absolute Gasteiger partial charge is 0.251 e. The Labute approximate surface area is 147 Å². The maximum absolute atomic E-state index is 12.1. The predicted octanol–water partition coefficient (Wildman–Crippen LogP) is 4.05. The van der Waals surface area contributed by atoms with Crippen molar-refractivity contribution in [1.82, 2.24) is 5.32 Å². The Bertz CT molecular complexity index is 838. The molecule has 0 aromatic heterocycles. The molecule has 1 amide bonds. The van der Waals surface area contributed by atoms with Gasteiger partial charge in [0, 0.05) is 10.9 Å². The topological polar surface area (TPSA) is 47.6 Å². The molecule has 3 aromatic rings. The summed E-state index contributed by atoms with van der Waals surface area (Å²) in [6.45, 7) is 3.39. The zero-order chi connectivity index (χ0) is 17.5. The molecular weight excluding hydrogens is 314 g/mol. The van der Waals surface area contributed by atoms with E-state index < -0.39 is 0 Å². The van der Waals surface area contributed by atoms with Gasteiger partial charge in [0.1, 0.15) is 18.1 Å². The van der Waals surface area contributed by atoms with Crippen molar-refractivity contribution in [3.8, 4) is 11.5 Å². The highest BCUT2D eigenvalue weighted by Crippen LogP contribution is 2.24. The van der Waals surface area contributed by atoms with Gasteiger partial charge < -0.3 is 14.8 Å². The molecule has 1 N–H and O–H groups in total. The lowest BCUT2D eigenvalue weighted by atomic mass is 10.1. The first-order valence-corrected chi connectivity index (χ1v) is 8.39. The minimum atomic E-state index is -0.121. The van der Waals surface area contributed by atoms with Crippen LogP contribution in [-0.4, -0.2) is 25.7 Å². The van der Waals surface area contributed by atoms with E-state index in [1.54, 1.807) is 24.3 Å². The van der Waals surface area contributed by atoms with Crippen LogP contribution in [0.25, 0.3) is 10.8 Å². The summed E-state index contributed by atoms with van der Waals surface area (Å²) in [4.78, 5) is 12.1. The van der Waals surface area contributed by atoms with Gasteiger partial charge in [0.25, 0.3) is 5.91 Å². The summed E-state index contributed by atoms with van der Waals surface area (Å²) in [5, 5.41) is 5.07. The molecule has 0 aliphatic rings. The van der Waals surface area contributed by atoms with E-state index in [9.17, 15) is 4.79 Å². The maximum Gasteiger partial charge on any atom is 0.251 e. The van der Waals surface area contributed by atoms with Crippen LogP contribution in [0.1, 0.15) is 17.3 Å². The van der Waals surface area contributed by atoms with Crippen LogP contribution in [0.3, 0.4) is 0 Å². The Balaban J connectivity index is 1.51. The van der Waals surface area contributed by atoms with E-state index in [1.807, 2.05) is 37.3 Å². The summed E-state index contributed by atoms with van der Waals surface area (Å²) < 4.78 is 11.2. The van der Waals surface area contributed by atoms with E-state index in [2.05, 4.69) is 17.4 Å². The third kappa shape index (κ3) is 4.29. The van der Waals surface area contributed by atoms with Crippen molar-refractivity contribution in [1.29, 1.82) is 0 Å². The van der Waals surface area contributed by atoms with Crippen molar-refractivity contribution < 1.29 is 14.3 Å². The Morgan fingerprint density at radius 1 is 0.920 bits per heavy atom. The first kappa shape index (κ1) is 16.8. The third-order valence-electron chi connectivity index (χ3n) is 3.82. The summed E-state index contributed by atoms with van der Waals surface area (Å²) in [6.07, 6.45) is 0. The van der Waals surface area contributed by atoms with Gasteiger partial charge in [-0.1, -0.05) is 36.4 Å². The van der Waals surface area contributed by atoms with Gasteiger partial charge >= 0.3 is 0 Å². The molecule has 0 unspecified atom stereocenters. The standard InChI is InChI=1S/C21H21NO3/c1-2-24-18-12-10-17(11-13-18)21(23)22-14-15-25-20-9-5-7-16-6-3-4-8-19(16)20/h3-13H,2,14-15H2,1H3,(H,22,23). The fourth-order valence-electron chi connectivity index (χ4n) is 2.62. The van der Waals surface area contributed by atoms with Crippen molar-refractivity contribution in [2.45, 2.75) is 6.92 Å². The molecule has 3 rings (SSSR count). The number of nitrogens with one attached hydrogen (secondary N) is 1. The average Bonchev–Trinajstić information content (AvgIpc) is 2.66. The molecule has 0 aliphatic heterocycles. The zero-order valence-corrected chi connectivity index (χ0v) is 14.2. The van der Waals surface area contributed by atoms with E-state index in [0.717, 1.165) is 22.3 Å². The lowest BCUT2D eigenvalue weighted by Crippen LogP contribution is -2.28. The fourth-order valence-corrected chi connectivity index (χ4v) is 2.62. The number of carbonyl (C=O) groups is 1. The fraction of sp³-hybridized carbons (Fsp3) is 0.190. The molecule has 0 radical (unpaired) electrons. The van der Waals surface area contributed by atoms with Crippen molar-refractivity contribution in [3.63, 3.8) is 0 Å². The number of rotatable bonds is 7. The number of hydrogen-bond acceptors (Lipinski definition) is 3. The Morgan fingerprint density at radius 2 is 1.68 bits per heavy atom. The van der Waals surface area contributed by atoms with Crippen LogP contribution in [0.15, 0.2) is 66.7 Å². The average molecular weight is 335 g/mol. The highest BCUT2D eigenvalue weighted by atomic mass is 16.5. The zero-order valence-electron chi connectivity index (χ0n) is 14.2. The summed E-state index contributed by atoms with van der Waals surface area (Å²) in [5.41, 5.74) is 0.605. The number of carbonyl (C=O) groups excluding carboxylic acids is 1. The quantitative estimate of drug-likeness (QED) is 0.663. The summed E-state index contributed by atoms with van der Waals surface area (Å²) in [6, 6.07) is 21.1. The molecule has 0 saturated heterocycles. The molecule has 0 spiro atoms. The van der Waals surface area contributed by atoms with Gasteiger partial charge in [-0.05, 0) is 42.6 Å². The molecule has 4 heteroatoms. The molecule has 4 nitrogen and oxygen atoms in total. The third-order valence-corrected chi connectivity index (χ3v) is 3.82.